The number of pyridine rings is 1. The number of amides is 4. The number of hydrogen-bond acceptors (Lipinski definition) is 6. The number of aliphatic carboxylic acids is 2. The monoisotopic (exact) mass is 457 g/mol. The molecule has 4 amide bonds. The van der Waals surface area contributed by atoms with Gasteiger partial charge >= 0.3 is 18.0 Å². The van der Waals surface area contributed by atoms with Crippen LogP contribution in [0.15, 0.2) is 42.6 Å². The van der Waals surface area contributed by atoms with Crippen molar-refractivity contribution in [2.75, 3.05) is 23.7 Å². The van der Waals surface area contributed by atoms with Crippen molar-refractivity contribution in [1.29, 1.82) is 0 Å². The van der Waals surface area contributed by atoms with Gasteiger partial charge < -0.3 is 31.5 Å². The highest BCUT2D eigenvalue weighted by Crippen LogP contribution is 2.14. The fourth-order valence-corrected chi connectivity index (χ4v) is 2.63. The van der Waals surface area contributed by atoms with Crippen LogP contribution in [0.2, 0.25) is 0 Å². The minimum absolute atomic E-state index is 0.0508. The summed E-state index contributed by atoms with van der Waals surface area (Å²) in [6, 6.07) is 8.62. The summed E-state index contributed by atoms with van der Waals surface area (Å²) in [6.07, 6.45) is 1.30. The van der Waals surface area contributed by atoms with Crippen LogP contribution in [-0.2, 0) is 20.8 Å². The molecule has 0 fully saturated rings. The zero-order chi connectivity index (χ0) is 24.2. The van der Waals surface area contributed by atoms with Gasteiger partial charge in [-0.1, -0.05) is 12.1 Å². The molecule has 1 aromatic carbocycles. The normalized spacial score (nSPS) is 10.1. The third kappa shape index (κ3) is 9.04. The number of benzene rings is 1. The van der Waals surface area contributed by atoms with E-state index >= 15 is 0 Å². The number of nitrogens with one attached hydrogen (secondary N) is 4. The number of aryl methyl sites for hydroxylation is 1. The molecule has 12 nitrogen and oxygen atoms in total. The molecule has 0 saturated carbocycles. The molecule has 0 aliphatic carbocycles. The summed E-state index contributed by atoms with van der Waals surface area (Å²) in [5.41, 5.74) is 1.04. The molecule has 174 valence electrons. The minimum atomic E-state index is -1.04. The Morgan fingerprint density at radius 1 is 0.879 bits per heavy atom. The Bertz CT molecular complexity index is 1040. The van der Waals surface area contributed by atoms with Crippen molar-refractivity contribution in [2.24, 2.45) is 0 Å². The maximum Gasteiger partial charge on any atom is 0.319 e. The minimum Gasteiger partial charge on any atom is -0.481 e. The van der Waals surface area contributed by atoms with Crippen LogP contribution in [0.4, 0.5) is 16.3 Å². The Morgan fingerprint density at radius 3 is 2.36 bits per heavy atom. The first kappa shape index (κ1) is 24.8. The predicted molar refractivity (Wildman–Crippen MR) is 117 cm³/mol. The quantitative estimate of drug-likeness (QED) is 0.289. The lowest BCUT2D eigenvalue weighted by Crippen LogP contribution is -2.33. The lowest BCUT2D eigenvalue weighted by molar-refractivity contribution is -0.137. The number of carboxylic acids is 2. The summed E-state index contributed by atoms with van der Waals surface area (Å²) in [5.74, 6) is -2.91. The molecule has 0 saturated heterocycles. The second kappa shape index (κ2) is 12.4. The van der Waals surface area contributed by atoms with E-state index in [4.69, 9.17) is 10.2 Å². The van der Waals surface area contributed by atoms with Crippen molar-refractivity contribution < 1.29 is 34.2 Å². The van der Waals surface area contributed by atoms with Gasteiger partial charge in [-0.25, -0.2) is 9.78 Å². The zero-order valence-electron chi connectivity index (χ0n) is 17.5. The van der Waals surface area contributed by atoms with Crippen LogP contribution in [0, 0.1) is 0 Å². The molecule has 0 unspecified atom stereocenters. The number of carbonyl (C=O) groups is 5. The Hall–Kier alpha value is -4.48. The van der Waals surface area contributed by atoms with Crippen LogP contribution < -0.4 is 21.3 Å². The molecule has 0 atom stereocenters. The van der Waals surface area contributed by atoms with Crippen LogP contribution >= 0.6 is 0 Å². The highest BCUT2D eigenvalue weighted by Gasteiger charge is 2.12. The fourth-order valence-electron chi connectivity index (χ4n) is 2.63. The first-order chi connectivity index (χ1) is 15.7. The van der Waals surface area contributed by atoms with Crippen LogP contribution in [0.3, 0.4) is 0 Å². The Kier molecular flexibility index (Phi) is 9.31. The predicted octanol–water partition coefficient (Wildman–Crippen LogP) is 1.06. The van der Waals surface area contributed by atoms with Crippen LogP contribution in [0.1, 0.15) is 28.8 Å². The average Bonchev–Trinajstić information content (AvgIpc) is 2.76. The van der Waals surface area contributed by atoms with Gasteiger partial charge in [0.15, 0.2) is 0 Å². The molecule has 0 bridgehead atoms. The molecule has 2 rings (SSSR count). The van der Waals surface area contributed by atoms with E-state index in [0.29, 0.717) is 11.3 Å². The first-order valence-corrected chi connectivity index (χ1v) is 9.85. The molecule has 1 aromatic heterocycles. The van der Waals surface area contributed by atoms with Gasteiger partial charge in [-0.05, 0) is 36.2 Å². The Morgan fingerprint density at radius 2 is 1.64 bits per heavy atom. The standard InChI is InChI=1S/C21H23N5O7/c27-16(26-19-13(4-2-9-22-19)6-7-17(28)29)12-24-20(32)14-3-1-5-15(11-14)25-21(33)23-10-8-18(30)31/h1-5,9,11H,6-8,10,12H2,(H,24,32)(H,28,29)(H,30,31)(H,22,26,27)(H2,23,25,33). The highest BCUT2D eigenvalue weighted by atomic mass is 16.4. The van der Waals surface area contributed by atoms with Crippen molar-refractivity contribution >= 4 is 41.3 Å². The summed E-state index contributed by atoms with van der Waals surface area (Å²) in [5, 5.41) is 27.2. The molecule has 0 aliphatic heterocycles. The smallest absolute Gasteiger partial charge is 0.319 e. The molecule has 12 heteroatoms. The summed E-state index contributed by atoms with van der Waals surface area (Å²) in [4.78, 5) is 61.6. The first-order valence-electron chi connectivity index (χ1n) is 9.85. The fraction of sp³-hybridized carbons (Fsp3) is 0.238. The third-order valence-corrected chi connectivity index (χ3v) is 4.17. The molecule has 0 aliphatic rings. The zero-order valence-corrected chi connectivity index (χ0v) is 17.5. The van der Waals surface area contributed by atoms with Crippen molar-refractivity contribution in [1.82, 2.24) is 15.6 Å². The summed E-state index contributed by atoms with van der Waals surface area (Å²) < 4.78 is 0. The maximum absolute atomic E-state index is 12.4. The Balaban J connectivity index is 1.87. The van der Waals surface area contributed by atoms with Gasteiger partial charge in [0.25, 0.3) is 5.91 Å². The largest absolute Gasteiger partial charge is 0.481 e. The van der Waals surface area contributed by atoms with Gasteiger partial charge in [-0.3, -0.25) is 19.2 Å². The van der Waals surface area contributed by atoms with Crippen LogP contribution in [0.25, 0.3) is 0 Å². The van der Waals surface area contributed by atoms with Crippen LogP contribution in [0.5, 0.6) is 0 Å². The number of carboxylic acid groups (broad SMARTS) is 2. The second-order valence-electron chi connectivity index (χ2n) is 6.74. The lowest BCUT2D eigenvalue weighted by atomic mass is 10.1. The number of aromatic nitrogens is 1. The number of urea groups is 1. The molecule has 0 spiro atoms. The topological polar surface area (TPSA) is 187 Å². The third-order valence-electron chi connectivity index (χ3n) is 4.17. The summed E-state index contributed by atoms with van der Waals surface area (Å²) in [7, 11) is 0. The van der Waals surface area contributed by atoms with Crippen molar-refractivity contribution in [2.45, 2.75) is 19.3 Å². The van der Waals surface area contributed by atoms with E-state index in [1.807, 2.05) is 0 Å². The number of hydrogen-bond donors (Lipinski definition) is 6. The van der Waals surface area contributed by atoms with E-state index in [9.17, 15) is 24.0 Å². The number of rotatable bonds is 11. The number of carbonyl (C=O) groups excluding carboxylic acids is 3. The molecule has 0 radical (unpaired) electrons. The molecule has 1 heterocycles. The number of nitrogens with zero attached hydrogens (tertiary/aromatic N) is 1. The summed E-state index contributed by atoms with van der Waals surface area (Å²) in [6.45, 7) is -0.411. The van der Waals surface area contributed by atoms with Gasteiger partial charge in [-0.2, -0.15) is 0 Å². The van der Waals surface area contributed by atoms with Gasteiger partial charge in [0.05, 0.1) is 13.0 Å². The van der Waals surface area contributed by atoms with Crippen molar-refractivity contribution in [3.05, 3.63) is 53.7 Å². The molecule has 33 heavy (non-hydrogen) atoms. The number of anilines is 2. The maximum atomic E-state index is 12.4. The SMILES string of the molecule is O=C(O)CCNC(=O)Nc1cccc(C(=O)NCC(=O)Nc2ncccc2CCC(=O)O)c1. The van der Waals surface area contributed by atoms with Gasteiger partial charge in [-0.15, -0.1) is 0 Å². The second-order valence-corrected chi connectivity index (χ2v) is 6.74. The van der Waals surface area contributed by atoms with E-state index in [0.717, 1.165) is 0 Å². The van der Waals surface area contributed by atoms with E-state index in [-0.39, 0.29) is 43.7 Å². The molecule has 2 aromatic rings. The van der Waals surface area contributed by atoms with Crippen molar-refractivity contribution in [3.63, 3.8) is 0 Å². The van der Waals surface area contributed by atoms with Gasteiger partial charge in [0.2, 0.25) is 5.91 Å². The lowest BCUT2D eigenvalue weighted by Gasteiger charge is -2.11. The van der Waals surface area contributed by atoms with E-state index in [2.05, 4.69) is 26.3 Å². The highest BCUT2D eigenvalue weighted by molar-refractivity contribution is 6.00. The van der Waals surface area contributed by atoms with Crippen LogP contribution in [-0.4, -0.2) is 58.1 Å². The molecular formula is C21H23N5O7. The van der Waals surface area contributed by atoms with E-state index in [1.54, 1.807) is 18.2 Å². The van der Waals surface area contributed by atoms with Crippen molar-refractivity contribution in [3.8, 4) is 0 Å². The molecular weight excluding hydrogens is 434 g/mol. The van der Waals surface area contributed by atoms with Gasteiger partial charge in [0.1, 0.15) is 5.82 Å². The average molecular weight is 457 g/mol. The molecule has 6 N–H and O–H groups in total. The van der Waals surface area contributed by atoms with E-state index in [1.165, 1.54) is 24.4 Å². The van der Waals surface area contributed by atoms with Gasteiger partial charge in [0, 0.05) is 30.4 Å². The Labute approximate surface area is 188 Å². The van der Waals surface area contributed by atoms with E-state index < -0.39 is 29.8 Å². The summed E-state index contributed by atoms with van der Waals surface area (Å²) >= 11 is 0.